The highest BCUT2D eigenvalue weighted by atomic mass is 16.7. The first kappa shape index (κ1) is 44.2. The van der Waals surface area contributed by atoms with Crippen molar-refractivity contribution in [2.24, 2.45) is 35.5 Å². The molecule has 1 aromatic rings. The van der Waals surface area contributed by atoms with E-state index in [0.29, 0.717) is 45.1 Å². The van der Waals surface area contributed by atoms with Crippen LogP contribution in [0.5, 0.6) is 0 Å². The summed E-state index contributed by atoms with van der Waals surface area (Å²) < 4.78 is 44.9. The lowest BCUT2D eigenvalue weighted by molar-refractivity contribution is -0.336. The number of methoxy groups -OCH3 is 1. The van der Waals surface area contributed by atoms with Gasteiger partial charge in [0.25, 0.3) is 0 Å². The zero-order valence-corrected chi connectivity index (χ0v) is 34.9. The number of alkyl carbamates (subject to hydrolysis) is 1. The van der Waals surface area contributed by atoms with Gasteiger partial charge in [0.2, 0.25) is 5.79 Å². The third-order valence-corrected chi connectivity index (χ3v) is 14.2. The van der Waals surface area contributed by atoms with Gasteiger partial charge in [-0.15, -0.1) is 0 Å². The number of nitrogens with one attached hydrogen (secondary N) is 1. The van der Waals surface area contributed by atoms with Gasteiger partial charge in [0, 0.05) is 44.2 Å². The van der Waals surface area contributed by atoms with E-state index >= 15 is 0 Å². The molecule has 0 radical (unpaired) electrons. The predicted molar refractivity (Wildman–Crippen MR) is 207 cm³/mol. The normalized spacial score (nSPS) is 43.8. The Morgan fingerprint density at radius 3 is 2.39 bits per heavy atom. The zero-order valence-electron chi connectivity index (χ0n) is 34.9. The predicted octanol–water partition coefficient (Wildman–Crippen LogP) is 4.79. The average Bonchev–Trinajstić information content (AvgIpc) is 3.90. The second-order valence-corrected chi connectivity index (χ2v) is 18.4. The van der Waals surface area contributed by atoms with Gasteiger partial charge < -0.3 is 58.9 Å². The van der Waals surface area contributed by atoms with Gasteiger partial charge in [0.15, 0.2) is 5.79 Å². The molecule has 6 rings (SSSR count). The number of benzene rings is 1. The number of aliphatic hydroxyl groups is 3. The molecule has 0 bridgehead atoms. The number of hydrogen-bond acceptors (Lipinski definition) is 12. The Bertz CT molecular complexity index is 1540. The van der Waals surface area contributed by atoms with Crippen LogP contribution in [0.2, 0.25) is 0 Å². The van der Waals surface area contributed by atoms with Crippen molar-refractivity contribution in [2.45, 2.75) is 165 Å². The van der Waals surface area contributed by atoms with Crippen molar-refractivity contribution in [1.82, 2.24) is 5.32 Å². The van der Waals surface area contributed by atoms with Crippen molar-refractivity contribution in [1.29, 1.82) is 0 Å². The molecule has 57 heavy (non-hydrogen) atoms. The van der Waals surface area contributed by atoms with Crippen molar-refractivity contribution in [3.63, 3.8) is 0 Å². The minimum atomic E-state index is -1.71. The molecule has 5 fully saturated rings. The lowest BCUT2D eigenvalue weighted by Crippen LogP contribution is -2.57. The van der Waals surface area contributed by atoms with Crippen LogP contribution in [0.15, 0.2) is 30.3 Å². The van der Waals surface area contributed by atoms with E-state index in [0.717, 1.165) is 5.56 Å². The summed E-state index contributed by atoms with van der Waals surface area (Å²) in [5.41, 5.74) is -0.863. The second kappa shape index (κ2) is 17.3. The van der Waals surface area contributed by atoms with E-state index in [9.17, 15) is 30.0 Å². The Labute approximate surface area is 337 Å². The van der Waals surface area contributed by atoms with Crippen LogP contribution in [0.1, 0.15) is 99.0 Å². The standard InChI is InChI=1S/C43H67NO13/c1-24-18-26(3)43(50,23-52-39(49)44-21-30-12-10-9-11-13-30)56-34(24)32-19-25(2)37(53-32)41(22-45)15-14-33(54-41)40(7)16-17-42(57-40)20-31(46)27(4)36(55-42)28(5)35(51-8)29(6)38(47)48/h9-13,24-29,31-37,45-46,50H,14-23H2,1-8H3,(H,44,49)(H,47,48)/t24-,25-,26+,27+,28-,29-,31-,32+,33+,34-,35+,36-,37+,40-,41+,42+,43-/m0/s1. The molecule has 17 atom stereocenters. The molecule has 5 heterocycles. The van der Waals surface area contributed by atoms with E-state index in [1.807, 2.05) is 58.0 Å². The third-order valence-electron chi connectivity index (χ3n) is 14.2. The molecule has 0 saturated carbocycles. The third kappa shape index (κ3) is 8.90. The van der Waals surface area contributed by atoms with Crippen molar-refractivity contribution >= 4 is 12.1 Å². The van der Waals surface area contributed by atoms with Crippen LogP contribution in [0.25, 0.3) is 0 Å². The number of carboxylic acid groups (broad SMARTS) is 1. The highest BCUT2D eigenvalue weighted by Crippen LogP contribution is 2.54. The summed E-state index contributed by atoms with van der Waals surface area (Å²) in [7, 11) is 1.50. The van der Waals surface area contributed by atoms with Gasteiger partial charge in [-0.2, -0.15) is 0 Å². The van der Waals surface area contributed by atoms with Crippen molar-refractivity contribution < 1.29 is 63.2 Å². The van der Waals surface area contributed by atoms with Crippen molar-refractivity contribution in [2.75, 3.05) is 20.3 Å². The molecule has 0 unspecified atom stereocenters. The minimum Gasteiger partial charge on any atom is -0.481 e. The van der Waals surface area contributed by atoms with Gasteiger partial charge in [-0.1, -0.05) is 65.0 Å². The number of aliphatic hydroxyl groups excluding tert-OH is 2. The summed E-state index contributed by atoms with van der Waals surface area (Å²) in [5.74, 6) is -5.41. The van der Waals surface area contributed by atoms with Crippen LogP contribution in [0.4, 0.5) is 4.79 Å². The van der Waals surface area contributed by atoms with Crippen LogP contribution in [-0.4, -0.2) is 118 Å². The molecule has 5 saturated heterocycles. The summed E-state index contributed by atoms with van der Waals surface area (Å²) in [4.78, 5) is 24.5. The molecule has 14 nitrogen and oxygen atoms in total. The van der Waals surface area contributed by atoms with E-state index in [1.54, 1.807) is 6.92 Å². The number of carbonyl (C=O) groups excluding carboxylic acids is 1. The van der Waals surface area contributed by atoms with E-state index in [-0.39, 0.29) is 49.2 Å². The quantitative estimate of drug-likeness (QED) is 0.183. The molecule has 1 aromatic carbocycles. The number of aliphatic carboxylic acids is 1. The SMILES string of the molecule is CO[C@H]([C@H](C)[C@H]1O[C@@]2(CC[C@@](C)([C@H]3CC[C@@](CO)([C@@H]4O[C@@H]([C@H]5O[C@@](O)(COC(=O)NCc6ccccc6)[C@H](C)C[C@@H]5C)C[C@@H]4C)O3)O2)C[C@H](O)[C@H]1C)[C@H](C)C(=O)O. The Morgan fingerprint density at radius 1 is 1.00 bits per heavy atom. The monoisotopic (exact) mass is 805 g/mol. The number of rotatable bonds is 13. The topological polar surface area (TPSA) is 192 Å². The van der Waals surface area contributed by atoms with Gasteiger partial charge in [0.1, 0.15) is 12.2 Å². The molecule has 14 heteroatoms. The Balaban J connectivity index is 1.09. The number of ether oxygens (including phenoxy) is 7. The smallest absolute Gasteiger partial charge is 0.407 e. The highest BCUT2D eigenvalue weighted by Gasteiger charge is 2.62. The average molecular weight is 806 g/mol. The maximum Gasteiger partial charge on any atom is 0.407 e. The fourth-order valence-corrected chi connectivity index (χ4v) is 10.6. The summed E-state index contributed by atoms with van der Waals surface area (Å²) in [5, 5.41) is 46.5. The Morgan fingerprint density at radius 2 is 1.72 bits per heavy atom. The molecule has 1 spiro atoms. The maximum absolute atomic E-state index is 12.6. The Kier molecular flexibility index (Phi) is 13.4. The summed E-state index contributed by atoms with van der Waals surface area (Å²) in [6.45, 7) is 13.2. The van der Waals surface area contributed by atoms with Crippen LogP contribution in [0, 0.1) is 35.5 Å². The van der Waals surface area contributed by atoms with Crippen LogP contribution >= 0.6 is 0 Å². The summed E-state index contributed by atoms with van der Waals surface area (Å²) in [6.07, 6.45) is -0.442. The first-order chi connectivity index (χ1) is 26.9. The first-order valence-electron chi connectivity index (χ1n) is 21.0. The molecular weight excluding hydrogens is 738 g/mol. The second-order valence-electron chi connectivity index (χ2n) is 18.4. The highest BCUT2D eigenvalue weighted by molar-refractivity contribution is 5.70. The van der Waals surface area contributed by atoms with Crippen LogP contribution in [-0.2, 0) is 44.5 Å². The fraction of sp³-hybridized carbons (Fsp3) is 0.814. The first-order valence-corrected chi connectivity index (χ1v) is 21.0. The molecule has 5 N–H and O–H groups in total. The van der Waals surface area contributed by atoms with Gasteiger partial charge in [0.05, 0.1) is 60.9 Å². The molecule has 322 valence electrons. The fourth-order valence-electron chi connectivity index (χ4n) is 10.6. The van der Waals surface area contributed by atoms with Crippen molar-refractivity contribution in [3.05, 3.63) is 35.9 Å². The van der Waals surface area contributed by atoms with E-state index in [1.165, 1.54) is 7.11 Å². The summed E-state index contributed by atoms with van der Waals surface area (Å²) >= 11 is 0. The lowest BCUT2D eigenvalue weighted by Gasteiger charge is -2.48. The van der Waals surface area contributed by atoms with E-state index < -0.39 is 83.5 Å². The van der Waals surface area contributed by atoms with E-state index in [4.69, 9.17) is 33.2 Å². The lowest BCUT2D eigenvalue weighted by atomic mass is 9.78. The number of carbonyl (C=O) groups is 2. The van der Waals surface area contributed by atoms with Gasteiger partial charge in [-0.3, -0.25) is 4.79 Å². The van der Waals surface area contributed by atoms with Crippen LogP contribution < -0.4 is 5.32 Å². The molecular formula is C43H67NO13. The molecule has 0 aliphatic carbocycles. The number of amides is 1. The van der Waals surface area contributed by atoms with Gasteiger partial charge in [-0.25, -0.2) is 4.79 Å². The zero-order chi connectivity index (χ0) is 41.5. The van der Waals surface area contributed by atoms with Crippen LogP contribution in [0.3, 0.4) is 0 Å². The van der Waals surface area contributed by atoms with E-state index in [2.05, 4.69) is 19.2 Å². The number of hydrogen-bond donors (Lipinski definition) is 5. The van der Waals surface area contributed by atoms with Gasteiger partial charge >= 0.3 is 12.1 Å². The molecule has 1 amide bonds. The summed E-state index contributed by atoms with van der Waals surface area (Å²) in [6, 6.07) is 9.49. The Hall–Kier alpha value is -2.40. The molecule has 0 aromatic heterocycles. The largest absolute Gasteiger partial charge is 0.481 e. The molecule has 5 aliphatic heterocycles. The van der Waals surface area contributed by atoms with Crippen molar-refractivity contribution in [3.8, 4) is 0 Å². The minimum absolute atomic E-state index is 0.00437. The van der Waals surface area contributed by atoms with Gasteiger partial charge in [-0.05, 0) is 63.4 Å². The molecule has 5 aliphatic rings. The maximum atomic E-state index is 12.6. The number of carboxylic acids is 1.